The fourth-order valence-electron chi connectivity index (χ4n) is 3.12. The van der Waals surface area contributed by atoms with Crippen LogP contribution in [-0.4, -0.2) is 47.5 Å². The maximum atomic E-state index is 12.0. The van der Waals surface area contributed by atoms with Crippen LogP contribution in [0.15, 0.2) is 18.3 Å². The molecule has 1 aromatic rings. The maximum Gasteiger partial charge on any atom is 0.236 e. The number of pyridine rings is 1. The predicted octanol–water partition coefficient (Wildman–Crippen LogP) is 1.76. The predicted molar refractivity (Wildman–Crippen MR) is 90.0 cm³/mol. The smallest absolute Gasteiger partial charge is 0.236 e. The second-order valence-corrected chi connectivity index (χ2v) is 7.26. The molecule has 0 spiro atoms. The van der Waals surface area contributed by atoms with Crippen molar-refractivity contribution in [2.24, 2.45) is 5.73 Å². The molecule has 1 aliphatic rings. The highest BCUT2D eigenvalue weighted by Gasteiger charge is 2.32. The Morgan fingerprint density at radius 3 is 2.27 bits per heavy atom. The topological polar surface area (TPSA) is 62.5 Å². The van der Waals surface area contributed by atoms with E-state index >= 15 is 0 Å². The van der Waals surface area contributed by atoms with Crippen LogP contribution in [0.5, 0.6) is 0 Å². The molecular formula is C17H28N4O. The molecule has 2 N–H and O–H groups in total. The summed E-state index contributed by atoms with van der Waals surface area (Å²) >= 11 is 0. The molecular weight excluding hydrogens is 276 g/mol. The number of piperazine rings is 1. The molecule has 2 heterocycles. The number of carbonyl (C=O) groups is 1. The number of aromatic nitrogens is 1. The van der Waals surface area contributed by atoms with Crippen molar-refractivity contribution in [2.45, 2.75) is 52.1 Å². The van der Waals surface area contributed by atoms with Gasteiger partial charge in [-0.05, 0) is 30.9 Å². The summed E-state index contributed by atoms with van der Waals surface area (Å²) in [6, 6.07) is 4.52. The Morgan fingerprint density at radius 1 is 1.27 bits per heavy atom. The summed E-state index contributed by atoms with van der Waals surface area (Å²) in [5.74, 6) is 1.00. The molecule has 2 unspecified atom stereocenters. The van der Waals surface area contributed by atoms with Crippen LogP contribution >= 0.6 is 0 Å². The third kappa shape index (κ3) is 3.40. The molecule has 5 nitrogen and oxygen atoms in total. The molecule has 0 saturated carbocycles. The lowest BCUT2D eigenvalue weighted by Gasteiger charge is -2.45. The van der Waals surface area contributed by atoms with Crippen LogP contribution < -0.4 is 10.6 Å². The number of nitrogens with zero attached hydrogens (tertiary/aromatic N) is 3. The van der Waals surface area contributed by atoms with Crippen molar-refractivity contribution in [2.75, 3.05) is 24.5 Å². The maximum absolute atomic E-state index is 12.0. The molecule has 1 aliphatic heterocycles. The van der Waals surface area contributed by atoms with E-state index in [0.717, 1.165) is 18.9 Å². The van der Waals surface area contributed by atoms with Gasteiger partial charge in [0.25, 0.3) is 0 Å². The first-order valence-electron chi connectivity index (χ1n) is 7.96. The van der Waals surface area contributed by atoms with Crippen molar-refractivity contribution in [3.8, 4) is 0 Å². The van der Waals surface area contributed by atoms with E-state index in [1.54, 1.807) is 0 Å². The van der Waals surface area contributed by atoms with E-state index in [-0.39, 0.29) is 30.0 Å². The van der Waals surface area contributed by atoms with Gasteiger partial charge in [0.05, 0.1) is 6.54 Å². The molecule has 0 bridgehead atoms. The second-order valence-electron chi connectivity index (χ2n) is 7.26. The Hall–Kier alpha value is -1.62. The Labute approximate surface area is 133 Å². The van der Waals surface area contributed by atoms with Gasteiger partial charge in [0, 0.05) is 31.4 Å². The van der Waals surface area contributed by atoms with Crippen LogP contribution in [0.25, 0.3) is 0 Å². The van der Waals surface area contributed by atoms with Crippen LogP contribution in [0.4, 0.5) is 5.82 Å². The Bertz CT molecular complexity index is 508. The fourth-order valence-corrected chi connectivity index (χ4v) is 3.12. The Morgan fingerprint density at radius 2 is 1.86 bits per heavy atom. The summed E-state index contributed by atoms with van der Waals surface area (Å²) in [7, 11) is 0. The van der Waals surface area contributed by atoms with Crippen molar-refractivity contribution in [3.05, 3.63) is 23.9 Å². The summed E-state index contributed by atoms with van der Waals surface area (Å²) in [4.78, 5) is 20.7. The van der Waals surface area contributed by atoms with E-state index in [0.29, 0.717) is 0 Å². The van der Waals surface area contributed by atoms with Crippen molar-refractivity contribution < 1.29 is 4.79 Å². The van der Waals surface area contributed by atoms with Gasteiger partial charge < -0.3 is 15.5 Å². The molecule has 2 rings (SSSR count). The number of rotatable bonds is 2. The van der Waals surface area contributed by atoms with Crippen LogP contribution in [0.2, 0.25) is 0 Å². The summed E-state index contributed by atoms with van der Waals surface area (Å²) in [5, 5.41) is 0. The third-order valence-corrected chi connectivity index (χ3v) is 4.32. The number of nitrogens with two attached hydrogens (primary N) is 1. The van der Waals surface area contributed by atoms with Crippen LogP contribution in [0.1, 0.15) is 40.2 Å². The van der Waals surface area contributed by atoms with Gasteiger partial charge in [-0.25, -0.2) is 4.98 Å². The van der Waals surface area contributed by atoms with Crippen LogP contribution in [0, 0.1) is 0 Å². The van der Waals surface area contributed by atoms with Gasteiger partial charge in [-0.1, -0.05) is 26.8 Å². The van der Waals surface area contributed by atoms with E-state index in [2.05, 4.69) is 56.6 Å². The molecule has 1 aromatic heterocycles. The van der Waals surface area contributed by atoms with E-state index < -0.39 is 0 Å². The normalized spacial score (nSPS) is 22.8. The lowest BCUT2D eigenvalue weighted by Crippen LogP contribution is -2.60. The number of hydrogen-bond donors (Lipinski definition) is 1. The fraction of sp³-hybridized carbons (Fsp3) is 0.647. The quantitative estimate of drug-likeness (QED) is 0.904. The lowest BCUT2D eigenvalue weighted by atomic mass is 9.88. The molecule has 0 aromatic carbocycles. The number of amides is 1. The minimum absolute atomic E-state index is 0.0238. The molecule has 0 aliphatic carbocycles. The summed E-state index contributed by atoms with van der Waals surface area (Å²) in [6.45, 7) is 12.4. The molecule has 1 amide bonds. The molecule has 2 atom stereocenters. The van der Waals surface area contributed by atoms with E-state index in [4.69, 9.17) is 5.73 Å². The highest BCUT2D eigenvalue weighted by molar-refractivity contribution is 5.79. The van der Waals surface area contributed by atoms with Gasteiger partial charge in [-0.15, -0.1) is 0 Å². The first kappa shape index (κ1) is 16.7. The molecule has 1 fully saturated rings. The second kappa shape index (κ2) is 6.24. The molecule has 0 radical (unpaired) electrons. The van der Waals surface area contributed by atoms with Gasteiger partial charge in [-0.2, -0.15) is 0 Å². The highest BCUT2D eigenvalue weighted by Crippen LogP contribution is 2.25. The van der Waals surface area contributed by atoms with Gasteiger partial charge >= 0.3 is 0 Å². The Kier molecular flexibility index (Phi) is 4.75. The average Bonchev–Trinajstić information content (AvgIpc) is 2.45. The Balaban J connectivity index is 2.13. The van der Waals surface area contributed by atoms with Gasteiger partial charge in [0.2, 0.25) is 5.91 Å². The summed E-state index contributed by atoms with van der Waals surface area (Å²) < 4.78 is 0. The standard InChI is InChI=1S/C17H28N4O/c1-12-10-20(11-13(2)21(12)16(22)8-18)15-7-6-14(9-19-15)17(3,4)5/h6-7,9,12-13H,8,10-11,18H2,1-5H3. The van der Waals surface area contributed by atoms with Gasteiger partial charge in [-0.3, -0.25) is 4.79 Å². The summed E-state index contributed by atoms with van der Waals surface area (Å²) in [5.41, 5.74) is 6.85. The lowest BCUT2D eigenvalue weighted by molar-refractivity contribution is -0.134. The largest absolute Gasteiger partial charge is 0.353 e. The first-order valence-corrected chi connectivity index (χ1v) is 7.96. The third-order valence-electron chi connectivity index (χ3n) is 4.32. The zero-order valence-corrected chi connectivity index (χ0v) is 14.3. The number of carbonyl (C=O) groups excluding carboxylic acids is 1. The van der Waals surface area contributed by atoms with Crippen molar-refractivity contribution >= 4 is 11.7 Å². The van der Waals surface area contributed by atoms with Crippen LogP contribution in [-0.2, 0) is 10.2 Å². The van der Waals surface area contributed by atoms with Crippen molar-refractivity contribution in [1.29, 1.82) is 0 Å². The zero-order valence-electron chi connectivity index (χ0n) is 14.3. The van der Waals surface area contributed by atoms with E-state index in [9.17, 15) is 4.79 Å². The van der Waals surface area contributed by atoms with Gasteiger partial charge in [0.15, 0.2) is 0 Å². The summed E-state index contributed by atoms with van der Waals surface area (Å²) in [6.07, 6.45) is 1.96. The van der Waals surface area contributed by atoms with Gasteiger partial charge in [0.1, 0.15) is 5.82 Å². The van der Waals surface area contributed by atoms with Crippen molar-refractivity contribution in [1.82, 2.24) is 9.88 Å². The zero-order chi connectivity index (χ0) is 16.5. The van der Waals surface area contributed by atoms with Crippen LogP contribution in [0.3, 0.4) is 0 Å². The molecule has 1 saturated heterocycles. The SMILES string of the molecule is CC1CN(c2ccc(C(C)(C)C)cn2)CC(C)N1C(=O)CN. The van der Waals surface area contributed by atoms with E-state index in [1.165, 1.54) is 5.56 Å². The molecule has 5 heteroatoms. The minimum atomic E-state index is 0.0238. The van der Waals surface area contributed by atoms with Crippen molar-refractivity contribution in [3.63, 3.8) is 0 Å². The molecule has 122 valence electrons. The number of hydrogen-bond acceptors (Lipinski definition) is 4. The first-order chi connectivity index (χ1) is 10.2. The van der Waals surface area contributed by atoms with E-state index in [1.807, 2.05) is 11.1 Å². The number of anilines is 1. The highest BCUT2D eigenvalue weighted by atomic mass is 16.2. The average molecular weight is 304 g/mol. The molecule has 22 heavy (non-hydrogen) atoms. The minimum Gasteiger partial charge on any atom is -0.353 e. The monoisotopic (exact) mass is 304 g/mol.